The first-order valence-corrected chi connectivity index (χ1v) is 7.84. The molecule has 2 aromatic rings. The highest BCUT2D eigenvalue weighted by molar-refractivity contribution is 6.30. The number of hydrogen-bond donors (Lipinski definition) is 1. The summed E-state index contributed by atoms with van der Waals surface area (Å²) in [6.07, 6.45) is 0.370. The van der Waals surface area contributed by atoms with Gasteiger partial charge in [0.25, 0.3) is 0 Å². The summed E-state index contributed by atoms with van der Waals surface area (Å²) in [6, 6.07) is 13.6. The first-order chi connectivity index (χ1) is 11.0. The van der Waals surface area contributed by atoms with E-state index in [1.54, 1.807) is 36.4 Å². The molecule has 0 fully saturated rings. The van der Waals surface area contributed by atoms with Crippen molar-refractivity contribution in [3.63, 3.8) is 0 Å². The molecule has 0 heterocycles. The lowest BCUT2D eigenvalue weighted by Gasteiger charge is -2.24. The summed E-state index contributed by atoms with van der Waals surface area (Å²) in [5.74, 6) is -0.310. The lowest BCUT2D eigenvalue weighted by molar-refractivity contribution is -0.116. The summed E-state index contributed by atoms with van der Waals surface area (Å²) in [4.78, 5) is 14.1. The van der Waals surface area contributed by atoms with Gasteiger partial charge in [0, 0.05) is 29.7 Å². The second-order valence-electron chi connectivity index (χ2n) is 5.52. The second kappa shape index (κ2) is 8.09. The van der Waals surface area contributed by atoms with Crippen LogP contribution in [0, 0.1) is 5.82 Å². The third kappa shape index (κ3) is 5.34. The molecule has 0 aromatic heterocycles. The highest BCUT2D eigenvalue weighted by Crippen LogP contribution is 2.19. The Hall–Kier alpha value is -1.91. The number of nitrogens with one attached hydrogen (secondary N) is 1. The van der Waals surface area contributed by atoms with E-state index in [4.69, 9.17) is 11.6 Å². The topological polar surface area (TPSA) is 32.3 Å². The molecule has 2 aromatic carbocycles. The number of carbonyl (C=O) groups is 1. The van der Waals surface area contributed by atoms with Crippen molar-refractivity contribution in [2.75, 3.05) is 18.9 Å². The van der Waals surface area contributed by atoms with Crippen LogP contribution in [0.25, 0.3) is 0 Å². The van der Waals surface area contributed by atoms with Crippen LogP contribution in [0.15, 0.2) is 48.5 Å². The number of benzene rings is 2. The fourth-order valence-electron chi connectivity index (χ4n) is 2.26. The van der Waals surface area contributed by atoms with Crippen molar-refractivity contribution in [2.45, 2.75) is 19.4 Å². The number of halogens is 2. The van der Waals surface area contributed by atoms with E-state index in [0.29, 0.717) is 23.7 Å². The van der Waals surface area contributed by atoms with Crippen molar-refractivity contribution in [1.82, 2.24) is 4.90 Å². The Morgan fingerprint density at radius 1 is 1.26 bits per heavy atom. The van der Waals surface area contributed by atoms with Crippen LogP contribution in [0.5, 0.6) is 0 Å². The van der Waals surface area contributed by atoms with Gasteiger partial charge in [0.1, 0.15) is 5.82 Å². The highest BCUT2D eigenvalue weighted by atomic mass is 35.5. The molecule has 0 aliphatic rings. The van der Waals surface area contributed by atoms with E-state index in [1.807, 2.05) is 14.0 Å². The molecular formula is C18H20ClFN2O. The minimum atomic E-state index is -0.246. The molecular weight excluding hydrogens is 315 g/mol. The monoisotopic (exact) mass is 334 g/mol. The van der Waals surface area contributed by atoms with Crippen molar-refractivity contribution in [3.8, 4) is 0 Å². The van der Waals surface area contributed by atoms with E-state index < -0.39 is 0 Å². The Kier molecular flexibility index (Phi) is 6.13. The van der Waals surface area contributed by atoms with Crippen molar-refractivity contribution in [2.24, 2.45) is 0 Å². The molecule has 23 heavy (non-hydrogen) atoms. The molecule has 3 nitrogen and oxygen atoms in total. The van der Waals surface area contributed by atoms with Gasteiger partial charge in [-0.3, -0.25) is 9.69 Å². The molecule has 0 saturated heterocycles. The predicted octanol–water partition coefficient (Wildman–Crippen LogP) is 4.50. The largest absolute Gasteiger partial charge is 0.326 e. The Labute approximate surface area is 141 Å². The Morgan fingerprint density at radius 2 is 1.96 bits per heavy atom. The first-order valence-electron chi connectivity index (χ1n) is 7.47. The van der Waals surface area contributed by atoms with Crippen molar-refractivity contribution >= 4 is 23.2 Å². The van der Waals surface area contributed by atoms with Crippen LogP contribution >= 0.6 is 11.6 Å². The van der Waals surface area contributed by atoms with E-state index in [2.05, 4.69) is 10.2 Å². The smallest absolute Gasteiger partial charge is 0.225 e. The van der Waals surface area contributed by atoms with Crippen LogP contribution in [0.4, 0.5) is 10.1 Å². The maximum atomic E-state index is 13.0. The van der Waals surface area contributed by atoms with Crippen LogP contribution in [0.3, 0.4) is 0 Å². The molecule has 0 bridgehead atoms. The molecule has 0 aliphatic carbocycles. The number of nitrogens with zero attached hydrogens (tertiary/aromatic N) is 1. The average molecular weight is 335 g/mol. The zero-order valence-electron chi connectivity index (χ0n) is 13.2. The van der Waals surface area contributed by atoms with Gasteiger partial charge in [0.05, 0.1) is 0 Å². The first kappa shape index (κ1) is 17.4. The predicted molar refractivity (Wildman–Crippen MR) is 92.1 cm³/mol. The van der Waals surface area contributed by atoms with Crippen LogP contribution in [0.1, 0.15) is 24.9 Å². The zero-order valence-corrected chi connectivity index (χ0v) is 14.0. The highest BCUT2D eigenvalue weighted by Gasteiger charge is 2.13. The molecule has 122 valence electrons. The number of hydrogen-bond acceptors (Lipinski definition) is 2. The third-order valence-corrected chi connectivity index (χ3v) is 4.05. The fraction of sp³-hybridized carbons (Fsp3) is 0.278. The van der Waals surface area contributed by atoms with Gasteiger partial charge in [-0.25, -0.2) is 4.39 Å². The lowest BCUT2D eigenvalue weighted by Crippen LogP contribution is -2.27. The molecule has 1 atom stereocenters. The Bertz CT molecular complexity index is 660. The molecule has 0 aliphatic heterocycles. The molecule has 1 N–H and O–H groups in total. The molecule has 1 unspecified atom stereocenters. The quantitative estimate of drug-likeness (QED) is 0.843. The summed E-state index contributed by atoms with van der Waals surface area (Å²) >= 11 is 5.89. The van der Waals surface area contributed by atoms with Gasteiger partial charge in [-0.15, -0.1) is 0 Å². The third-order valence-electron chi connectivity index (χ3n) is 3.81. The van der Waals surface area contributed by atoms with Gasteiger partial charge in [-0.2, -0.15) is 0 Å². The molecule has 5 heteroatoms. The summed E-state index contributed by atoms with van der Waals surface area (Å²) in [5, 5.41) is 3.41. The summed E-state index contributed by atoms with van der Waals surface area (Å²) < 4.78 is 13.0. The van der Waals surface area contributed by atoms with Crippen molar-refractivity contribution < 1.29 is 9.18 Å². The van der Waals surface area contributed by atoms with E-state index in [0.717, 1.165) is 5.56 Å². The molecule has 0 spiro atoms. The fourth-order valence-corrected chi connectivity index (χ4v) is 2.45. The maximum absolute atomic E-state index is 13.0. The van der Waals surface area contributed by atoms with Crippen LogP contribution in [-0.4, -0.2) is 24.4 Å². The standard InChI is InChI=1S/C18H20ClFN2O/c1-13(14-6-8-16(20)9-7-14)22(2)11-10-18(23)21-17-5-3-4-15(19)12-17/h3-9,12-13H,10-11H2,1-2H3,(H,21,23). The van der Waals surface area contributed by atoms with Gasteiger partial charge < -0.3 is 5.32 Å². The minimum Gasteiger partial charge on any atom is -0.326 e. The van der Waals surface area contributed by atoms with Crippen LogP contribution < -0.4 is 5.32 Å². The molecule has 1 amide bonds. The van der Waals surface area contributed by atoms with Crippen LogP contribution in [0.2, 0.25) is 5.02 Å². The normalized spacial score (nSPS) is 12.2. The van der Waals surface area contributed by atoms with Crippen molar-refractivity contribution in [1.29, 1.82) is 0 Å². The number of amides is 1. The Balaban J connectivity index is 1.84. The van der Waals surface area contributed by atoms with Crippen LogP contribution in [-0.2, 0) is 4.79 Å². The molecule has 2 rings (SSSR count). The van der Waals surface area contributed by atoms with E-state index in [1.165, 1.54) is 12.1 Å². The SMILES string of the molecule is CC(c1ccc(F)cc1)N(C)CCC(=O)Nc1cccc(Cl)c1. The summed E-state index contributed by atoms with van der Waals surface area (Å²) in [7, 11) is 1.95. The molecule has 0 radical (unpaired) electrons. The minimum absolute atomic E-state index is 0.0644. The summed E-state index contributed by atoms with van der Waals surface area (Å²) in [5.41, 5.74) is 1.71. The molecule has 0 saturated carbocycles. The lowest BCUT2D eigenvalue weighted by atomic mass is 10.1. The number of carbonyl (C=O) groups excluding carboxylic acids is 1. The van der Waals surface area contributed by atoms with E-state index in [-0.39, 0.29) is 17.8 Å². The van der Waals surface area contributed by atoms with Gasteiger partial charge in [-0.05, 0) is 49.9 Å². The average Bonchev–Trinajstić information content (AvgIpc) is 2.52. The van der Waals surface area contributed by atoms with Gasteiger partial charge >= 0.3 is 0 Å². The van der Waals surface area contributed by atoms with Gasteiger partial charge in [-0.1, -0.05) is 29.8 Å². The second-order valence-corrected chi connectivity index (χ2v) is 5.95. The number of rotatable bonds is 6. The Morgan fingerprint density at radius 3 is 2.61 bits per heavy atom. The van der Waals surface area contributed by atoms with Crippen molar-refractivity contribution in [3.05, 3.63) is 64.9 Å². The zero-order chi connectivity index (χ0) is 16.8. The summed E-state index contributed by atoms with van der Waals surface area (Å²) in [6.45, 7) is 2.63. The van der Waals surface area contributed by atoms with E-state index >= 15 is 0 Å². The van der Waals surface area contributed by atoms with Gasteiger partial charge in [0.15, 0.2) is 0 Å². The number of anilines is 1. The maximum Gasteiger partial charge on any atom is 0.225 e. The van der Waals surface area contributed by atoms with Gasteiger partial charge in [0.2, 0.25) is 5.91 Å². The van der Waals surface area contributed by atoms with E-state index in [9.17, 15) is 9.18 Å².